The molecule has 0 amide bonds. The van der Waals surface area contributed by atoms with Crippen molar-refractivity contribution in [1.29, 1.82) is 0 Å². The van der Waals surface area contributed by atoms with E-state index in [1.54, 1.807) is 12.1 Å². The predicted octanol–water partition coefficient (Wildman–Crippen LogP) is 3.03. The number of benzene rings is 2. The first-order valence-corrected chi connectivity index (χ1v) is 6.76. The second kappa shape index (κ2) is 5.64. The van der Waals surface area contributed by atoms with E-state index in [1.165, 1.54) is 29.0 Å². The third kappa shape index (κ3) is 2.83. The molecule has 0 aliphatic rings. The highest BCUT2D eigenvalue weighted by Gasteiger charge is 2.10. The summed E-state index contributed by atoms with van der Waals surface area (Å²) in [5.74, 6) is -2.63. The molecule has 1 N–H and O–H groups in total. The van der Waals surface area contributed by atoms with Crippen LogP contribution in [0.4, 0.5) is 8.78 Å². The topological polar surface area (TPSA) is 59.3 Å². The molecule has 2 aromatic carbocycles. The average molecular weight is 315 g/mol. The van der Waals surface area contributed by atoms with E-state index >= 15 is 0 Å². The van der Waals surface area contributed by atoms with Crippen LogP contribution in [0, 0.1) is 11.6 Å². The fraction of sp³-hybridized carbons (Fsp3) is 0.0588. The highest BCUT2D eigenvalue weighted by Crippen LogP contribution is 2.16. The highest BCUT2D eigenvalue weighted by atomic mass is 19.1. The Bertz CT molecular complexity index is 962. The van der Waals surface area contributed by atoms with Crippen molar-refractivity contribution in [2.45, 2.75) is 6.54 Å². The normalized spacial score (nSPS) is 10.9. The molecule has 0 radical (unpaired) electrons. The summed E-state index contributed by atoms with van der Waals surface area (Å²) < 4.78 is 28.3. The number of aromatic nitrogens is 1. The Hall–Kier alpha value is -3.02. The van der Waals surface area contributed by atoms with Gasteiger partial charge in [0, 0.05) is 17.6 Å². The summed E-state index contributed by atoms with van der Waals surface area (Å²) in [4.78, 5) is 23.2. The maximum Gasteiger partial charge on any atom is 0.335 e. The summed E-state index contributed by atoms with van der Waals surface area (Å²) in [6.45, 7) is 0.173. The summed E-state index contributed by atoms with van der Waals surface area (Å²) in [6, 6.07) is 9.20. The molecular weight excluding hydrogens is 304 g/mol. The van der Waals surface area contributed by atoms with E-state index in [-0.39, 0.29) is 22.9 Å². The number of carboxylic acids is 1. The third-order valence-electron chi connectivity index (χ3n) is 3.56. The quantitative estimate of drug-likeness (QED) is 0.808. The molecule has 6 heteroatoms. The molecule has 0 aliphatic heterocycles. The molecule has 1 aromatic heterocycles. The molecule has 0 spiro atoms. The standard InChI is InChI=1S/C17H11F2NO3/c18-12-7-14-13(15(19)8-12)5-6-20(16(14)21)9-10-1-3-11(4-2-10)17(22)23/h1-8H,9H2,(H,22,23). The minimum atomic E-state index is -1.04. The fourth-order valence-electron chi connectivity index (χ4n) is 2.39. The van der Waals surface area contributed by atoms with Gasteiger partial charge in [-0.1, -0.05) is 12.1 Å². The minimum Gasteiger partial charge on any atom is -0.478 e. The van der Waals surface area contributed by atoms with Crippen molar-refractivity contribution in [1.82, 2.24) is 4.57 Å². The van der Waals surface area contributed by atoms with Crippen LogP contribution in [0.2, 0.25) is 0 Å². The van der Waals surface area contributed by atoms with Crippen molar-refractivity contribution in [2.75, 3.05) is 0 Å². The van der Waals surface area contributed by atoms with E-state index in [0.717, 1.165) is 12.1 Å². The van der Waals surface area contributed by atoms with E-state index in [2.05, 4.69) is 0 Å². The number of hydrogen-bond acceptors (Lipinski definition) is 2. The van der Waals surface area contributed by atoms with Gasteiger partial charge in [0.1, 0.15) is 11.6 Å². The maximum absolute atomic E-state index is 13.7. The number of nitrogens with zero attached hydrogens (tertiary/aromatic N) is 1. The second-order valence-electron chi connectivity index (χ2n) is 5.10. The SMILES string of the molecule is O=C(O)c1ccc(Cn2ccc3c(F)cc(F)cc3c2=O)cc1. The van der Waals surface area contributed by atoms with E-state index in [0.29, 0.717) is 5.56 Å². The average Bonchev–Trinajstić information content (AvgIpc) is 2.51. The van der Waals surface area contributed by atoms with Crippen LogP contribution >= 0.6 is 0 Å². The van der Waals surface area contributed by atoms with Gasteiger partial charge in [0.05, 0.1) is 17.5 Å². The first-order valence-electron chi connectivity index (χ1n) is 6.76. The van der Waals surface area contributed by atoms with Crippen molar-refractivity contribution in [3.8, 4) is 0 Å². The number of aromatic carboxylic acids is 1. The number of rotatable bonds is 3. The van der Waals surface area contributed by atoms with Crippen LogP contribution < -0.4 is 5.56 Å². The van der Waals surface area contributed by atoms with Crippen LogP contribution in [0.15, 0.2) is 53.5 Å². The van der Waals surface area contributed by atoms with Gasteiger partial charge in [-0.2, -0.15) is 0 Å². The van der Waals surface area contributed by atoms with Crippen molar-refractivity contribution in [3.05, 3.63) is 81.8 Å². The second-order valence-corrected chi connectivity index (χ2v) is 5.10. The Labute approximate surface area is 129 Å². The number of halogens is 2. The van der Waals surface area contributed by atoms with Gasteiger partial charge in [-0.3, -0.25) is 4.79 Å². The maximum atomic E-state index is 13.7. The van der Waals surface area contributed by atoms with Gasteiger partial charge in [-0.05, 0) is 29.8 Å². The molecule has 0 atom stereocenters. The van der Waals surface area contributed by atoms with Crippen LogP contribution in [0.1, 0.15) is 15.9 Å². The molecule has 0 saturated heterocycles. The number of fused-ring (bicyclic) bond motifs is 1. The Morgan fingerprint density at radius 1 is 1.04 bits per heavy atom. The molecule has 0 unspecified atom stereocenters. The summed E-state index contributed by atoms with van der Waals surface area (Å²) >= 11 is 0. The van der Waals surface area contributed by atoms with Crippen molar-refractivity contribution in [2.24, 2.45) is 0 Å². The smallest absolute Gasteiger partial charge is 0.335 e. The van der Waals surface area contributed by atoms with Crippen molar-refractivity contribution in [3.63, 3.8) is 0 Å². The van der Waals surface area contributed by atoms with E-state index in [9.17, 15) is 18.4 Å². The number of hydrogen-bond donors (Lipinski definition) is 1. The Morgan fingerprint density at radius 3 is 2.39 bits per heavy atom. The van der Waals surface area contributed by atoms with Gasteiger partial charge >= 0.3 is 5.97 Å². The monoisotopic (exact) mass is 315 g/mol. The van der Waals surface area contributed by atoms with E-state index in [4.69, 9.17) is 5.11 Å². The first-order chi connectivity index (χ1) is 11.0. The zero-order valence-electron chi connectivity index (χ0n) is 11.8. The lowest BCUT2D eigenvalue weighted by atomic mass is 10.1. The van der Waals surface area contributed by atoms with Crippen molar-refractivity contribution < 1.29 is 18.7 Å². The summed E-state index contributed by atoms with van der Waals surface area (Å²) in [5, 5.41) is 8.88. The molecule has 0 bridgehead atoms. The Morgan fingerprint density at radius 2 is 1.74 bits per heavy atom. The molecule has 3 aromatic rings. The lowest BCUT2D eigenvalue weighted by molar-refractivity contribution is 0.0697. The molecule has 23 heavy (non-hydrogen) atoms. The van der Waals surface area contributed by atoms with Gasteiger partial charge in [-0.25, -0.2) is 13.6 Å². The zero-order chi connectivity index (χ0) is 16.6. The molecule has 116 valence electrons. The van der Waals surface area contributed by atoms with Crippen LogP contribution in [0.25, 0.3) is 10.8 Å². The summed E-state index contributed by atoms with van der Waals surface area (Å²) in [7, 11) is 0. The molecule has 1 heterocycles. The number of carbonyl (C=O) groups is 1. The zero-order valence-corrected chi connectivity index (χ0v) is 11.8. The van der Waals surface area contributed by atoms with Gasteiger partial charge in [0.15, 0.2) is 0 Å². The van der Waals surface area contributed by atoms with Gasteiger partial charge in [0.25, 0.3) is 5.56 Å². The van der Waals surface area contributed by atoms with Gasteiger partial charge in [-0.15, -0.1) is 0 Å². The lowest BCUT2D eigenvalue weighted by Gasteiger charge is -2.08. The number of pyridine rings is 1. The Balaban J connectivity index is 2.02. The van der Waals surface area contributed by atoms with Gasteiger partial charge < -0.3 is 9.67 Å². The molecule has 0 aliphatic carbocycles. The molecule has 3 rings (SSSR count). The van der Waals surface area contributed by atoms with Crippen LogP contribution in [0.5, 0.6) is 0 Å². The van der Waals surface area contributed by atoms with Crippen LogP contribution in [-0.2, 0) is 6.54 Å². The Kier molecular flexibility index (Phi) is 3.65. The molecular formula is C17H11F2NO3. The van der Waals surface area contributed by atoms with Crippen LogP contribution in [-0.4, -0.2) is 15.6 Å². The van der Waals surface area contributed by atoms with Crippen LogP contribution in [0.3, 0.4) is 0 Å². The summed E-state index contributed by atoms with van der Waals surface area (Å²) in [5.41, 5.74) is 0.334. The largest absolute Gasteiger partial charge is 0.478 e. The number of carboxylic acid groups (broad SMARTS) is 1. The van der Waals surface area contributed by atoms with E-state index < -0.39 is 23.2 Å². The fourth-order valence-corrected chi connectivity index (χ4v) is 2.39. The first kappa shape index (κ1) is 14.9. The van der Waals surface area contributed by atoms with Gasteiger partial charge in [0.2, 0.25) is 0 Å². The molecule has 0 fully saturated rings. The highest BCUT2D eigenvalue weighted by molar-refractivity contribution is 5.87. The van der Waals surface area contributed by atoms with E-state index in [1.807, 2.05) is 0 Å². The molecule has 0 saturated carbocycles. The minimum absolute atomic E-state index is 0.0350. The third-order valence-corrected chi connectivity index (χ3v) is 3.56. The lowest BCUT2D eigenvalue weighted by Crippen LogP contribution is -2.20. The van der Waals surface area contributed by atoms with Crippen molar-refractivity contribution >= 4 is 16.7 Å². The summed E-state index contributed by atoms with van der Waals surface area (Å²) in [6.07, 6.45) is 1.43. The molecule has 4 nitrogen and oxygen atoms in total. The predicted molar refractivity (Wildman–Crippen MR) is 80.6 cm³/mol.